The maximum Gasteiger partial charge on any atom is 0.104 e. The smallest absolute Gasteiger partial charge is 0.104 e. The summed E-state index contributed by atoms with van der Waals surface area (Å²) >= 11 is 0. The summed E-state index contributed by atoms with van der Waals surface area (Å²) in [5.41, 5.74) is 0.170. The summed E-state index contributed by atoms with van der Waals surface area (Å²) in [4.78, 5) is 4.46. The summed E-state index contributed by atoms with van der Waals surface area (Å²) in [6, 6.07) is 0.261. The Hall–Kier alpha value is 1.21. The van der Waals surface area contributed by atoms with Crippen molar-refractivity contribution in [1.82, 2.24) is 0 Å². The molecule has 1 unspecified atom stereocenters. The minimum atomic E-state index is -0.709. The van der Waals surface area contributed by atoms with Crippen molar-refractivity contribution >= 4 is 5.71 Å². The van der Waals surface area contributed by atoms with Crippen molar-refractivity contribution in [2.75, 3.05) is 0 Å². The number of nitrogens with zero attached hydrogens (tertiary/aromatic N) is 1. The van der Waals surface area contributed by atoms with E-state index in [4.69, 9.17) is 0 Å². The Morgan fingerprint density at radius 2 is 1.73 bits per heavy atom. The maximum atomic E-state index is 10.5. The molecule has 0 amide bonds. The molecule has 0 aromatic carbocycles. The SMILES string of the molecule is CCCC(O)(C(C)=NC(C)C)C(C)C.[Eu]. The first-order chi connectivity index (χ1) is 6.34. The van der Waals surface area contributed by atoms with Gasteiger partial charge in [0.05, 0.1) is 0 Å². The summed E-state index contributed by atoms with van der Waals surface area (Å²) in [7, 11) is 0. The van der Waals surface area contributed by atoms with E-state index in [2.05, 4.69) is 25.8 Å². The molecule has 0 saturated heterocycles. The van der Waals surface area contributed by atoms with Crippen molar-refractivity contribution in [2.45, 2.75) is 66.0 Å². The van der Waals surface area contributed by atoms with Crippen LogP contribution in [0, 0.1) is 55.3 Å². The van der Waals surface area contributed by atoms with Crippen molar-refractivity contribution in [3.63, 3.8) is 0 Å². The molecule has 0 aliphatic heterocycles. The summed E-state index contributed by atoms with van der Waals surface area (Å²) < 4.78 is 0. The van der Waals surface area contributed by atoms with Crippen molar-refractivity contribution in [1.29, 1.82) is 0 Å². The monoisotopic (exact) mass is 352 g/mol. The van der Waals surface area contributed by atoms with E-state index in [1.165, 1.54) is 0 Å². The van der Waals surface area contributed by atoms with Gasteiger partial charge in [-0.15, -0.1) is 0 Å². The zero-order chi connectivity index (χ0) is 11.4. The van der Waals surface area contributed by atoms with Crippen LogP contribution in [0.15, 0.2) is 4.99 Å². The number of aliphatic imine (C=N–C) groups is 1. The number of aliphatic hydroxyl groups is 1. The summed E-state index contributed by atoms with van der Waals surface area (Å²) in [5.74, 6) is 0.227. The third kappa shape index (κ3) is 5.90. The topological polar surface area (TPSA) is 32.6 Å². The van der Waals surface area contributed by atoms with Gasteiger partial charge < -0.3 is 5.11 Å². The molecule has 0 fully saturated rings. The summed E-state index contributed by atoms with van der Waals surface area (Å²) in [6.07, 6.45) is 1.78. The van der Waals surface area contributed by atoms with Gasteiger partial charge in [0.2, 0.25) is 0 Å². The molecular formula is C12H25EuNO. The van der Waals surface area contributed by atoms with Crippen LogP contribution in [0.3, 0.4) is 0 Å². The van der Waals surface area contributed by atoms with Gasteiger partial charge in [0.25, 0.3) is 0 Å². The van der Waals surface area contributed by atoms with Crippen LogP contribution >= 0.6 is 0 Å². The average Bonchev–Trinajstić information content (AvgIpc) is 2.02. The van der Waals surface area contributed by atoms with Gasteiger partial charge >= 0.3 is 0 Å². The Kier molecular flexibility index (Phi) is 10.3. The van der Waals surface area contributed by atoms with E-state index in [1.54, 1.807) is 0 Å². The third-order valence-electron chi connectivity index (χ3n) is 2.66. The zero-order valence-corrected chi connectivity index (χ0v) is 13.3. The van der Waals surface area contributed by atoms with Gasteiger partial charge in [-0.1, -0.05) is 27.2 Å². The number of rotatable bonds is 5. The second-order valence-electron chi connectivity index (χ2n) is 4.64. The molecule has 15 heavy (non-hydrogen) atoms. The fraction of sp³-hybridized carbons (Fsp3) is 0.917. The Balaban J connectivity index is 0. The van der Waals surface area contributed by atoms with Gasteiger partial charge in [-0.05, 0) is 33.1 Å². The molecule has 0 aliphatic rings. The second-order valence-corrected chi connectivity index (χ2v) is 4.64. The molecular weight excluding hydrogens is 326 g/mol. The zero-order valence-electron chi connectivity index (χ0n) is 10.8. The molecule has 91 valence electrons. The van der Waals surface area contributed by atoms with Gasteiger partial charge in [0.1, 0.15) is 5.60 Å². The normalized spacial score (nSPS) is 16.5. The molecule has 0 rings (SSSR count). The first kappa shape index (κ1) is 18.6. The van der Waals surface area contributed by atoms with E-state index in [1.807, 2.05) is 20.8 Å². The van der Waals surface area contributed by atoms with Crippen LogP contribution in [-0.4, -0.2) is 22.5 Å². The van der Waals surface area contributed by atoms with Gasteiger partial charge in [-0.3, -0.25) is 4.99 Å². The molecule has 0 aromatic heterocycles. The molecule has 0 saturated carbocycles. The Morgan fingerprint density at radius 1 is 1.27 bits per heavy atom. The molecule has 0 spiro atoms. The molecule has 0 bridgehead atoms. The van der Waals surface area contributed by atoms with Gasteiger partial charge in [-0.2, -0.15) is 0 Å². The number of hydrogen-bond donors (Lipinski definition) is 1. The van der Waals surface area contributed by atoms with E-state index in [0.717, 1.165) is 18.6 Å². The van der Waals surface area contributed by atoms with Crippen LogP contribution in [0.2, 0.25) is 0 Å². The molecule has 1 radical (unpaired) electrons. The van der Waals surface area contributed by atoms with E-state index in [9.17, 15) is 5.11 Å². The molecule has 0 heterocycles. The third-order valence-corrected chi connectivity index (χ3v) is 2.66. The fourth-order valence-corrected chi connectivity index (χ4v) is 1.77. The van der Waals surface area contributed by atoms with Gasteiger partial charge in [0, 0.05) is 61.1 Å². The van der Waals surface area contributed by atoms with Crippen LogP contribution in [0.25, 0.3) is 0 Å². The first-order valence-corrected chi connectivity index (χ1v) is 5.61. The van der Waals surface area contributed by atoms with Crippen LogP contribution in [0.5, 0.6) is 0 Å². The Bertz CT molecular complexity index is 202. The van der Waals surface area contributed by atoms with Crippen molar-refractivity contribution in [3.8, 4) is 0 Å². The van der Waals surface area contributed by atoms with E-state index in [0.29, 0.717) is 0 Å². The van der Waals surface area contributed by atoms with Crippen LogP contribution in [0.1, 0.15) is 54.4 Å². The van der Waals surface area contributed by atoms with Crippen molar-refractivity contribution < 1.29 is 54.5 Å². The minimum absolute atomic E-state index is 0. The Labute approximate surface area is 135 Å². The minimum Gasteiger partial charge on any atom is -0.384 e. The largest absolute Gasteiger partial charge is 0.384 e. The standard InChI is InChI=1S/C12H25NO.Eu/c1-7-8-12(14,9(2)3)11(6)13-10(4)5;/h9-10,14H,7-8H2,1-6H3;. The van der Waals surface area contributed by atoms with Crippen LogP contribution in [-0.2, 0) is 0 Å². The van der Waals surface area contributed by atoms with Crippen LogP contribution in [0.4, 0.5) is 0 Å². The van der Waals surface area contributed by atoms with Crippen molar-refractivity contribution in [2.24, 2.45) is 10.9 Å². The summed E-state index contributed by atoms with van der Waals surface area (Å²) in [6.45, 7) is 12.2. The van der Waals surface area contributed by atoms with Crippen LogP contribution < -0.4 is 0 Å². The maximum absolute atomic E-state index is 10.5. The fourth-order valence-electron chi connectivity index (χ4n) is 1.77. The van der Waals surface area contributed by atoms with E-state index < -0.39 is 5.60 Å². The van der Waals surface area contributed by atoms with E-state index in [-0.39, 0.29) is 61.3 Å². The predicted molar refractivity (Wildman–Crippen MR) is 62.9 cm³/mol. The number of hydrogen-bond acceptors (Lipinski definition) is 2. The first-order valence-electron chi connectivity index (χ1n) is 5.61. The quantitative estimate of drug-likeness (QED) is 0.759. The van der Waals surface area contributed by atoms with Gasteiger partial charge in [-0.25, -0.2) is 0 Å². The predicted octanol–water partition coefficient (Wildman–Crippen LogP) is 3.04. The second kappa shape index (κ2) is 8.33. The molecule has 3 heteroatoms. The van der Waals surface area contributed by atoms with E-state index >= 15 is 0 Å². The van der Waals surface area contributed by atoms with Crippen molar-refractivity contribution in [3.05, 3.63) is 0 Å². The molecule has 0 aromatic rings. The average molecular weight is 351 g/mol. The molecule has 0 aliphatic carbocycles. The molecule has 2 nitrogen and oxygen atoms in total. The molecule has 1 atom stereocenters. The van der Waals surface area contributed by atoms with Gasteiger partial charge in [0.15, 0.2) is 0 Å². The Morgan fingerprint density at radius 3 is 2.00 bits per heavy atom. The molecule has 1 N–H and O–H groups in total. The summed E-state index contributed by atoms with van der Waals surface area (Å²) in [5, 5.41) is 10.5.